The molecule has 0 spiro atoms. The van der Waals surface area contributed by atoms with Crippen molar-refractivity contribution in [2.45, 2.75) is 17.9 Å². The first kappa shape index (κ1) is 24.4. The summed E-state index contributed by atoms with van der Waals surface area (Å²) >= 11 is 0. The van der Waals surface area contributed by atoms with Gasteiger partial charge in [-0.1, -0.05) is 12.1 Å². The third-order valence-corrected chi connectivity index (χ3v) is 7.86. The molecule has 0 aliphatic carbocycles. The Morgan fingerprint density at radius 1 is 1.20 bits per heavy atom. The third kappa shape index (κ3) is 5.06. The summed E-state index contributed by atoms with van der Waals surface area (Å²) in [6.45, 7) is 2.49. The van der Waals surface area contributed by atoms with Gasteiger partial charge in [0.15, 0.2) is 0 Å². The van der Waals surface area contributed by atoms with Crippen molar-refractivity contribution in [2.75, 3.05) is 49.1 Å². The molecule has 4 rings (SSSR count). The smallest absolute Gasteiger partial charge is 0.414 e. The van der Waals surface area contributed by atoms with E-state index in [4.69, 9.17) is 4.74 Å². The van der Waals surface area contributed by atoms with Crippen molar-refractivity contribution < 1.29 is 27.1 Å². The zero-order valence-corrected chi connectivity index (χ0v) is 19.8. The Kier molecular flexibility index (Phi) is 6.90. The number of ether oxygens (including phenoxy) is 1. The number of halogens is 1. The molecule has 1 unspecified atom stereocenters. The second-order valence-electron chi connectivity index (χ2n) is 8.19. The predicted octanol–water partition coefficient (Wildman–Crippen LogP) is 1.67. The number of carbonyl (C=O) groups is 2. The quantitative estimate of drug-likeness (QED) is 0.639. The minimum Gasteiger partial charge on any atom is -0.442 e. The SMILES string of the molecule is CC(=O)NCC1CN(c2ccc(N3CCN(S(=O)(=O)c4ccccc4C#N)CC3)c(F)c2)C(=O)O1. The van der Waals surface area contributed by atoms with Gasteiger partial charge < -0.3 is 15.0 Å². The molecule has 10 nitrogen and oxygen atoms in total. The molecule has 0 radical (unpaired) electrons. The number of nitriles is 1. The van der Waals surface area contributed by atoms with Crippen molar-refractivity contribution in [2.24, 2.45) is 0 Å². The fourth-order valence-corrected chi connectivity index (χ4v) is 5.67. The van der Waals surface area contributed by atoms with E-state index in [0.29, 0.717) is 11.4 Å². The van der Waals surface area contributed by atoms with E-state index >= 15 is 4.39 Å². The van der Waals surface area contributed by atoms with Crippen molar-refractivity contribution in [1.29, 1.82) is 5.26 Å². The highest BCUT2D eigenvalue weighted by Gasteiger charge is 2.34. The van der Waals surface area contributed by atoms with E-state index in [1.54, 1.807) is 29.2 Å². The number of rotatable bonds is 6. The van der Waals surface area contributed by atoms with Gasteiger partial charge in [-0.25, -0.2) is 17.6 Å². The standard InChI is InChI=1S/C23H24FN5O5S/c1-16(30)26-14-19-15-29(23(31)34-19)18-6-7-21(20(24)12-18)27-8-10-28(11-9-27)35(32,33)22-5-3-2-4-17(22)13-25/h2-7,12,19H,8-11,14-15H2,1H3,(H,26,30). The average molecular weight is 502 g/mol. The van der Waals surface area contributed by atoms with E-state index in [1.165, 1.54) is 34.3 Å². The minimum absolute atomic E-state index is 0.0409. The number of nitrogens with zero attached hydrogens (tertiary/aromatic N) is 4. The Labute approximate surface area is 202 Å². The fraction of sp³-hybridized carbons (Fsp3) is 0.348. The lowest BCUT2D eigenvalue weighted by atomic mass is 10.2. The molecule has 0 bridgehead atoms. The second-order valence-corrected chi connectivity index (χ2v) is 10.1. The summed E-state index contributed by atoms with van der Waals surface area (Å²) in [5.41, 5.74) is 0.706. The van der Waals surface area contributed by atoms with Crippen LogP contribution in [0.25, 0.3) is 0 Å². The maximum Gasteiger partial charge on any atom is 0.414 e. The minimum atomic E-state index is -3.85. The summed E-state index contributed by atoms with van der Waals surface area (Å²) in [4.78, 5) is 26.3. The maximum absolute atomic E-state index is 15.0. The first-order chi connectivity index (χ1) is 16.7. The van der Waals surface area contributed by atoms with E-state index in [0.717, 1.165) is 0 Å². The Hall–Kier alpha value is -3.69. The van der Waals surface area contributed by atoms with Gasteiger partial charge in [0, 0.05) is 33.1 Å². The van der Waals surface area contributed by atoms with E-state index in [-0.39, 0.29) is 55.6 Å². The molecule has 0 saturated carbocycles. The van der Waals surface area contributed by atoms with Crippen molar-refractivity contribution in [3.05, 3.63) is 53.8 Å². The highest BCUT2D eigenvalue weighted by atomic mass is 32.2. The average Bonchev–Trinajstić information content (AvgIpc) is 3.23. The highest BCUT2D eigenvalue weighted by Crippen LogP contribution is 2.29. The normalized spacial score (nSPS) is 18.8. The number of sulfonamides is 1. The number of hydrogen-bond acceptors (Lipinski definition) is 7. The van der Waals surface area contributed by atoms with Crippen LogP contribution in [0.3, 0.4) is 0 Å². The molecule has 1 N–H and O–H groups in total. The molecule has 2 fully saturated rings. The highest BCUT2D eigenvalue weighted by molar-refractivity contribution is 7.89. The van der Waals surface area contributed by atoms with Gasteiger partial charge in [0.05, 0.1) is 34.9 Å². The molecular formula is C23H24FN5O5S. The molecule has 184 valence electrons. The Bertz CT molecular complexity index is 1290. The second kappa shape index (κ2) is 9.89. The van der Waals surface area contributed by atoms with Crippen LogP contribution in [0.2, 0.25) is 0 Å². The molecule has 2 aliphatic rings. The van der Waals surface area contributed by atoms with Crippen molar-refractivity contribution in [3.8, 4) is 6.07 Å². The van der Waals surface area contributed by atoms with Crippen molar-refractivity contribution in [3.63, 3.8) is 0 Å². The van der Waals surface area contributed by atoms with Crippen LogP contribution < -0.4 is 15.1 Å². The van der Waals surface area contributed by atoms with Gasteiger partial charge in [-0.05, 0) is 30.3 Å². The number of benzene rings is 2. The number of amides is 2. The molecule has 2 aromatic rings. The van der Waals surface area contributed by atoms with E-state index in [2.05, 4.69) is 5.32 Å². The molecule has 35 heavy (non-hydrogen) atoms. The van der Waals surface area contributed by atoms with E-state index in [9.17, 15) is 23.3 Å². The number of hydrogen-bond donors (Lipinski definition) is 1. The molecule has 2 aromatic carbocycles. The van der Waals surface area contributed by atoms with Crippen molar-refractivity contribution >= 4 is 33.4 Å². The summed E-state index contributed by atoms with van der Waals surface area (Å²) in [6, 6.07) is 12.3. The lowest BCUT2D eigenvalue weighted by Gasteiger charge is -2.35. The molecule has 2 amide bonds. The monoisotopic (exact) mass is 501 g/mol. The fourth-order valence-electron chi connectivity index (χ4n) is 4.11. The van der Waals surface area contributed by atoms with E-state index < -0.39 is 28.0 Å². The van der Waals surface area contributed by atoms with Crippen LogP contribution in [0.4, 0.5) is 20.6 Å². The van der Waals surface area contributed by atoms with Crippen LogP contribution in [-0.4, -0.2) is 70.1 Å². The summed E-state index contributed by atoms with van der Waals surface area (Å²) < 4.78 is 47.6. The number of piperazine rings is 1. The number of nitrogens with one attached hydrogen (secondary N) is 1. The topological polar surface area (TPSA) is 123 Å². The number of anilines is 2. The van der Waals surface area contributed by atoms with Crippen LogP contribution in [0.1, 0.15) is 12.5 Å². The Balaban J connectivity index is 1.42. The zero-order chi connectivity index (χ0) is 25.2. The van der Waals surface area contributed by atoms with E-state index in [1.807, 2.05) is 6.07 Å². The lowest BCUT2D eigenvalue weighted by molar-refractivity contribution is -0.119. The molecule has 1 atom stereocenters. The Morgan fingerprint density at radius 2 is 1.91 bits per heavy atom. The number of carbonyl (C=O) groups excluding carboxylic acids is 2. The summed E-state index contributed by atoms with van der Waals surface area (Å²) in [7, 11) is -3.85. The van der Waals surface area contributed by atoms with Crippen LogP contribution in [0.15, 0.2) is 47.4 Å². The Morgan fingerprint density at radius 3 is 2.57 bits per heavy atom. The molecular weight excluding hydrogens is 477 g/mol. The first-order valence-electron chi connectivity index (χ1n) is 11.0. The summed E-state index contributed by atoms with van der Waals surface area (Å²) in [5.74, 6) is -0.788. The maximum atomic E-state index is 15.0. The number of cyclic esters (lactones) is 1. The van der Waals surface area contributed by atoms with Crippen LogP contribution in [0, 0.1) is 17.1 Å². The van der Waals surface area contributed by atoms with Gasteiger partial charge in [-0.2, -0.15) is 9.57 Å². The van der Waals surface area contributed by atoms with Gasteiger partial charge in [-0.15, -0.1) is 0 Å². The van der Waals surface area contributed by atoms with Gasteiger partial charge >= 0.3 is 6.09 Å². The van der Waals surface area contributed by atoms with Crippen LogP contribution >= 0.6 is 0 Å². The summed E-state index contributed by atoms with van der Waals surface area (Å²) in [6.07, 6.45) is -1.15. The molecule has 2 saturated heterocycles. The lowest BCUT2D eigenvalue weighted by Crippen LogP contribution is -2.49. The molecule has 2 heterocycles. The van der Waals surface area contributed by atoms with Crippen LogP contribution in [-0.2, 0) is 19.6 Å². The molecule has 0 aromatic heterocycles. The third-order valence-electron chi connectivity index (χ3n) is 5.90. The zero-order valence-electron chi connectivity index (χ0n) is 19.0. The largest absolute Gasteiger partial charge is 0.442 e. The van der Waals surface area contributed by atoms with Gasteiger partial charge in [0.2, 0.25) is 15.9 Å². The summed E-state index contributed by atoms with van der Waals surface area (Å²) in [5, 5.41) is 11.8. The van der Waals surface area contributed by atoms with Gasteiger partial charge in [-0.3, -0.25) is 9.69 Å². The first-order valence-corrected chi connectivity index (χ1v) is 12.4. The molecule has 2 aliphatic heterocycles. The van der Waals surface area contributed by atoms with Crippen molar-refractivity contribution in [1.82, 2.24) is 9.62 Å². The molecule has 12 heteroatoms. The van der Waals surface area contributed by atoms with Gasteiger partial charge in [0.25, 0.3) is 0 Å². The van der Waals surface area contributed by atoms with Gasteiger partial charge in [0.1, 0.15) is 18.0 Å². The van der Waals surface area contributed by atoms with Crippen LogP contribution in [0.5, 0.6) is 0 Å². The predicted molar refractivity (Wildman–Crippen MR) is 125 cm³/mol.